The molecule has 0 aromatic carbocycles. The zero-order chi connectivity index (χ0) is 8.15. The molecule has 0 saturated heterocycles. The Labute approximate surface area is 61.1 Å². The number of aliphatic imine (C=N–C) groups is 1. The Bertz CT molecular complexity index is 152. The molecule has 0 aromatic heterocycles. The number of hydrogen-bond acceptors (Lipinski definition) is 3. The maximum absolute atomic E-state index is 10.6. The van der Waals surface area contributed by atoms with Crippen LogP contribution in [0, 0.1) is 0 Å². The first-order chi connectivity index (χ1) is 4.57. The first-order valence-electron chi connectivity index (χ1n) is 3.16. The van der Waals surface area contributed by atoms with Gasteiger partial charge in [-0.25, -0.2) is 4.99 Å². The van der Waals surface area contributed by atoms with Gasteiger partial charge in [-0.05, 0) is 13.8 Å². The van der Waals surface area contributed by atoms with Gasteiger partial charge in [-0.15, -0.1) is 0 Å². The van der Waals surface area contributed by atoms with Crippen LogP contribution in [0.2, 0.25) is 0 Å². The predicted molar refractivity (Wildman–Crippen MR) is 40.3 cm³/mol. The van der Waals surface area contributed by atoms with Crippen LogP contribution in [0.25, 0.3) is 0 Å². The van der Waals surface area contributed by atoms with Crippen LogP contribution in [0.4, 0.5) is 0 Å². The number of carbonyl (C=O) groups is 1. The summed E-state index contributed by atoms with van der Waals surface area (Å²) in [4.78, 5) is 14.6. The smallest absolute Gasteiger partial charge is 0.180 e. The number of hydrogen-bond donors (Lipinski definition) is 0. The lowest BCUT2D eigenvalue weighted by Crippen LogP contribution is -2.12. The number of ether oxygens (including phenoxy) is 1. The highest BCUT2D eigenvalue weighted by Gasteiger charge is 2.04. The standard InChI is InChI=1S/C7H13NO2/c1-5(6(2)9)8-7(3)10-4/h5H,1-4H3. The van der Waals surface area contributed by atoms with Crippen molar-refractivity contribution < 1.29 is 9.53 Å². The van der Waals surface area contributed by atoms with Gasteiger partial charge in [0, 0.05) is 6.92 Å². The van der Waals surface area contributed by atoms with Gasteiger partial charge in [-0.1, -0.05) is 0 Å². The molecule has 0 aliphatic rings. The molecule has 58 valence electrons. The van der Waals surface area contributed by atoms with E-state index < -0.39 is 0 Å². The summed E-state index contributed by atoms with van der Waals surface area (Å²) in [6.07, 6.45) is 0. The second kappa shape index (κ2) is 4.04. The summed E-state index contributed by atoms with van der Waals surface area (Å²) >= 11 is 0. The van der Waals surface area contributed by atoms with Crippen LogP contribution in [0.3, 0.4) is 0 Å². The van der Waals surface area contributed by atoms with E-state index in [-0.39, 0.29) is 11.8 Å². The third-order valence-corrected chi connectivity index (χ3v) is 1.26. The Kier molecular flexibility index (Phi) is 3.69. The molecular weight excluding hydrogens is 130 g/mol. The van der Waals surface area contributed by atoms with Gasteiger partial charge < -0.3 is 4.74 Å². The average Bonchev–Trinajstić information content (AvgIpc) is 1.87. The fourth-order valence-corrected chi connectivity index (χ4v) is 0.416. The summed E-state index contributed by atoms with van der Waals surface area (Å²) < 4.78 is 4.77. The van der Waals surface area contributed by atoms with Gasteiger partial charge in [-0.3, -0.25) is 4.79 Å². The van der Waals surface area contributed by atoms with Gasteiger partial charge in [0.2, 0.25) is 0 Å². The first-order valence-corrected chi connectivity index (χ1v) is 3.16. The molecule has 0 radical (unpaired) electrons. The number of rotatable bonds is 2. The normalized spacial score (nSPS) is 14.6. The lowest BCUT2D eigenvalue weighted by atomic mass is 10.2. The van der Waals surface area contributed by atoms with Crippen LogP contribution in [-0.2, 0) is 9.53 Å². The second-order valence-corrected chi connectivity index (χ2v) is 2.14. The number of Topliss-reactive ketones (excluding diaryl/α,β-unsaturated/α-hetero) is 1. The molecule has 0 heterocycles. The largest absolute Gasteiger partial charge is 0.484 e. The molecule has 3 nitrogen and oxygen atoms in total. The molecule has 3 heteroatoms. The van der Waals surface area contributed by atoms with Crippen molar-refractivity contribution in [3.8, 4) is 0 Å². The van der Waals surface area contributed by atoms with Crippen molar-refractivity contribution >= 4 is 11.7 Å². The molecule has 0 aliphatic heterocycles. The SMILES string of the molecule is COC(C)=NC(C)C(C)=O. The zero-order valence-corrected chi connectivity index (χ0v) is 6.84. The van der Waals surface area contributed by atoms with E-state index in [1.165, 1.54) is 14.0 Å². The molecule has 0 fully saturated rings. The van der Waals surface area contributed by atoms with Gasteiger partial charge in [-0.2, -0.15) is 0 Å². The lowest BCUT2D eigenvalue weighted by Gasteiger charge is -2.02. The van der Waals surface area contributed by atoms with Gasteiger partial charge in [0.1, 0.15) is 6.04 Å². The highest BCUT2D eigenvalue weighted by molar-refractivity contribution is 5.84. The summed E-state index contributed by atoms with van der Waals surface area (Å²) in [5.74, 6) is 0.596. The fraction of sp³-hybridized carbons (Fsp3) is 0.714. The number of nitrogens with zero attached hydrogens (tertiary/aromatic N) is 1. The van der Waals surface area contributed by atoms with Gasteiger partial charge in [0.05, 0.1) is 7.11 Å². The average molecular weight is 143 g/mol. The molecule has 0 N–H and O–H groups in total. The van der Waals surface area contributed by atoms with Gasteiger partial charge in [0.25, 0.3) is 0 Å². The van der Waals surface area contributed by atoms with Crippen molar-refractivity contribution in [1.29, 1.82) is 0 Å². The van der Waals surface area contributed by atoms with Gasteiger partial charge >= 0.3 is 0 Å². The van der Waals surface area contributed by atoms with Crippen molar-refractivity contribution in [2.45, 2.75) is 26.8 Å². The number of carbonyl (C=O) groups excluding carboxylic acids is 1. The summed E-state index contributed by atoms with van der Waals surface area (Å²) in [6.45, 7) is 4.97. The molecule has 0 rings (SSSR count). The summed E-state index contributed by atoms with van der Waals surface area (Å²) in [5, 5.41) is 0. The van der Waals surface area contributed by atoms with E-state index >= 15 is 0 Å². The molecule has 1 atom stereocenters. The monoisotopic (exact) mass is 143 g/mol. The van der Waals surface area contributed by atoms with Crippen LogP contribution < -0.4 is 0 Å². The highest BCUT2D eigenvalue weighted by Crippen LogP contribution is 1.92. The maximum Gasteiger partial charge on any atom is 0.180 e. The van der Waals surface area contributed by atoms with Crippen LogP contribution in [0.5, 0.6) is 0 Å². The molecule has 0 bridgehead atoms. The van der Waals surface area contributed by atoms with E-state index in [4.69, 9.17) is 4.74 Å². The van der Waals surface area contributed by atoms with E-state index in [9.17, 15) is 4.79 Å². The highest BCUT2D eigenvalue weighted by atomic mass is 16.5. The zero-order valence-electron chi connectivity index (χ0n) is 6.84. The van der Waals surface area contributed by atoms with Gasteiger partial charge in [0.15, 0.2) is 11.7 Å². The third kappa shape index (κ3) is 3.22. The Morgan fingerprint density at radius 2 is 2.00 bits per heavy atom. The second-order valence-electron chi connectivity index (χ2n) is 2.14. The number of methoxy groups -OCH3 is 1. The van der Waals surface area contributed by atoms with Crippen LogP contribution in [0.1, 0.15) is 20.8 Å². The molecule has 10 heavy (non-hydrogen) atoms. The van der Waals surface area contributed by atoms with E-state index in [0.717, 1.165) is 0 Å². The minimum atomic E-state index is -0.278. The number of ketones is 1. The summed E-state index contributed by atoms with van der Waals surface area (Å²) in [7, 11) is 1.53. The van der Waals surface area contributed by atoms with E-state index in [1.807, 2.05) is 0 Å². The van der Waals surface area contributed by atoms with Crippen molar-refractivity contribution in [3.05, 3.63) is 0 Å². The van der Waals surface area contributed by atoms with E-state index in [0.29, 0.717) is 5.90 Å². The minimum Gasteiger partial charge on any atom is -0.484 e. The minimum absolute atomic E-state index is 0.0522. The van der Waals surface area contributed by atoms with Crippen molar-refractivity contribution in [2.75, 3.05) is 7.11 Å². The van der Waals surface area contributed by atoms with Crippen molar-refractivity contribution in [2.24, 2.45) is 4.99 Å². The topological polar surface area (TPSA) is 38.7 Å². The Hall–Kier alpha value is -0.860. The summed E-state index contributed by atoms with van der Waals surface area (Å²) in [6, 6.07) is -0.278. The molecule has 0 aromatic rings. The molecule has 0 spiro atoms. The molecule has 0 aliphatic carbocycles. The van der Waals surface area contributed by atoms with Crippen molar-refractivity contribution in [1.82, 2.24) is 0 Å². The Morgan fingerprint density at radius 1 is 1.50 bits per heavy atom. The van der Waals surface area contributed by atoms with Crippen LogP contribution >= 0.6 is 0 Å². The quantitative estimate of drug-likeness (QED) is 0.427. The van der Waals surface area contributed by atoms with Crippen molar-refractivity contribution in [3.63, 3.8) is 0 Å². The summed E-state index contributed by atoms with van der Waals surface area (Å²) in [5.41, 5.74) is 0. The maximum atomic E-state index is 10.6. The Balaban J connectivity index is 3.99. The predicted octanol–water partition coefficient (Wildman–Crippen LogP) is 1.03. The van der Waals surface area contributed by atoms with E-state index in [1.54, 1.807) is 13.8 Å². The lowest BCUT2D eigenvalue weighted by molar-refractivity contribution is -0.117. The molecular formula is C7H13NO2. The van der Waals surface area contributed by atoms with Crippen LogP contribution in [-0.4, -0.2) is 24.8 Å². The van der Waals surface area contributed by atoms with E-state index in [2.05, 4.69) is 4.99 Å². The first kappa shape index (κ1) is 9.14. The fourth-order valence-electron chi connectivity index (χ4n) is 0.416. The molecule has 0 amide bonds. The Morgan fingerprint density at radius 3 is 2.30 bits per heavy atom. The third-order valence-electron chi connectivity index (χ3n) is 1.26. The molecule has 0 saturated carbocycles. The van der Waals surface area contributed by atoms with Crippen LogP contribution in [0.15, 0.2) is 4.99 Å². The molecule has 1 unspecified atom stereocenters.